The number of nitrogen functional groups attached to an aromatic ring is 1. The molecule has 3 nitrogen and oxygen atoms in total. The van der Waals surface area contributed by atoms with Gasteiger partial charge in [0.1, 0.15) is 6.61 Å². The molecule has 104 valence electrons. The minimum absolute atomic E-state index is 0.240. The fraction of sp³-hybridized carbons (Fsp3) is 0.188. The number of nitrogens with two attached hydrogens (primary N) is 1. The van der Waals surface area contributed by atoms with Crippen LogP contribution < -0.4 is 5.73 Å². The number of anilines is 1. The summed E-state index contributed by atoms with van der Waals surface area (Å²) in [6, 6.07) is 14.8. The number of carbonyl (C=O) groups is 1. The van der Waals surface area contributed by atoms with Gasteiger partial charge in [0.15, 0.2) is 0 Å². The zero-order chi connectivity index (χ0) is 14.4. The van der Waals surface area contributed by atoms with Gasteiger partial charge in [-0.2, -0.15) is 0 Å². The molecule has 0 unspecified atom stereocenters. The Bertz CT molecular complexity index is 599. The molecule has 0 saturated carbocycles. The zero-order valence-electron chi connectivity index (χ0n) is 11.0. The number of esters is 1. The van der Waals surface area contributed by atoms with E-state index in [-0.39, 0.29) is 12.6 Å². The molecule has 0 radical (unpaired) electrons. The van der Waals surface area contributed by atoms with E-state index < -0.39 is 0 Å². The first kappa shape index (κ1) is 14.4. The Morgan fingerprint density at radius 3 is 2.70 bits per heavy atom. The molecule has 0 aromatic heterocycles. The van der Waals surface area contributed by atoms with Gasteiger partial charge in [0.2, 0.25) is 0 Å². The van der Waals surface area contributed by atoms with E-state index in [1.165, 1.54) is 0 Å². The van der Waals surface area contributed by atoms with Crippen LogP contribution in [0.2, 0.25) is 5.02 Å². The van der Waals surface area contributed by atoms with E-state index in [0.29, 0.717) is 23.6 Å². The number of aryl methyl sites for hydroxylation is 1. The average molecular weight is 290 g/mol. The van der Waals surface area contributed by atoms with Crippen LogP contribution in [0.3, 0.4) is 0 Å². The highest BCUT2D eigenvalue weighted by Gasteiger charge is 2.06. The van der Waals surface area contributed by atoms with E-state index in [9.17, 15) is 4.79 Å². The standard InChI is InChI=1S/C16H16ClNO2/c17-14-6-3-4-12(10-14)11-20-16(19)9-8-13-5-1-2-7-15(13)18/h1-7,10H,8-9,11,18H2. The van der Waals surface area contributed by atoms with Gasteiger partial charge < -0.3 is 10.5 Å². The summed E-state index contributed by atoms with van der Waals surface area (Å²) < 4.78 is 5.21. The molecule has 2 aromatic carbocycles. The average Bonchev–Trinajstić information content (AvgIpc) is 2.44. The Morgan fingerprint density at radius 2 is 1.95 bits per heavy atom. The fourth-order valence-electron chi connectivity index (χ4n) is 1.86. The molecule has 2 rings (SSSR count). The van der Waals surface area contributed by atoms with Crippen LogP contribution in [0, 0.1) is 0 Å². The van der Waals surface area contributed by atoms with Crippen LogP contribution in [0.4, 0.5) is 5.69 Å². The van der Waals surface area contributed by atoms with Crippen LogP contribution in [-0.4, -0.2) is 5.97 Å². The van der Waals surface area contributed by atoms with Crippen LogP contribution in [0.25, 0.3) is 0 Å². The Hall–Kier alpha value is -2.00. The van der Waals surface area contributed by atoms with Gasteiger partial charge in [0, 0.05) is 17.1 Å². The van der Waals surface area contributed by atoms with Crippen molar-refractivity contribution in [3.05, 3.63) is 64.7 Å². The Labute approximate surface area is 123 Å². The first-order valence-electron chi connectivity index (χ1n) is 6.38. The predicted molar refractivity (Wildman–Crippen MR) is 80.4 cm³/mol. The van der Waals surface area contributed by atoms with Crippen molar-refractivity contribution in [2.24, 2.45) is 0 Å². The SMILES string of the molecule is Nc1ccccc1CCC(=O)OCc1cccc(Cl)c1. The van der Waals surface area contributed by atoms with Gasteiger partial charge in [-0.3, -0.25) is 4.79 Å². The molecule has 0 aliphatic rings. The monoisotopic (exact) mass is 289 g/mol. The maximum absolute atomic E-state index is 11.7. The highest BCUT2D eigenvalue weighted by molar-refractivity contribution is 6.30. The van der Waals surface area contributed by atoms with Gasteiger partial charge in [0.25, 0.3) is 0 Å². The molecule has 2 N–H and O–H groups in total. The number of hydrogen-bond acceptors (Lipinski definition) is 3. The molecule has 0 aliphatic carbocycles. The molecular formula is C16H16ClNO2. The topological polar surface area (TPSA) is 52.3 Å². The van der Waals surface area contributed by atoms with Gasteiger partial charge in [-0.1, -0.05) is 41.9 Å². The number of rotatable bonds is 5. The Kier molecular flexibility index (Phi) is 5.02. The van der Waals surface area contributed by atoms with E-state index in [2.05, 4.69) is 0 Å². The second-order valence-electron chi connectivity index (χ2n) is 4.49. The molecular weight excluding hydrogens is 274 g/mol. The Morgan fingerprint density at radius 1 is 1.15 bits per heavy atom. The minimum atomic E-state index is -0.242. The van der Waals surface area contributed by atoms with Crippen LogP contribution in [0.1, 0.15) is 17.5 Å². The lowest BCUT2D eigenvalue weighted by atomic mass is 10.1. The first-order valence-corrected chi connectivity index (χ1v) is 6.76. The van der Waals surface area contributed by atoms with E-state index in [1.54, 1.807) is 12.1 Å². The summed E-state index contributed by atoms with van der Waals surface area (Å²) in [6.07, 6.45) is 0.899. The lowest BCUT2D eigenvalue weighted by Crippen LogP contribution is -2.06. The summed E-state index contributed by atoms with van der Waals surface area (Å²) in [5.41, 5.74) is 8.37. The number of carbonyl (C=O) groups excluding carboxylic acids is 1. The van der Waals surface area contributed by atoms with Crippen molar-refractivity contribution in [3.8, 4) is 0 Å². The lowest BCUT2D eigenvalue weighted by molar-refractivity contribution is -0.144. The number of hydrogen-bond donors (Lipinski definition) is 1. The lowest BCUT2D eigenvalue weighted by Gasteiger charge is -2.07. The van der Waals surface area contributed by atoms with Crippen molar-refractivity contribution in [2.45, 2.75) is 19.4 Å². The molecule has 4 heteroatoms. The maximum atomic E-state index is 11.7. The molecule has 0 heterocycles. The molecule has 0 saturated heterocycles. The smallest absolute Gasteiger partial charge is 0.306 e. The largest absolute Gasteiger partial charge is 0.461 e. The molecule has 0 atom stereocenters. The molecule has 20 heavy (non-hydrogen) atoms. The predicted octanol–water partition coefficient (Wildman–Crippen LogP) is 3.60. The van der Waals surface area contributed by atoms with Crippen LogP contribution >= 0.6 is 11.6 Å². The molecule has 0 spiro atoms. The third-order valence-electron chi connectivity index (χ3n) is 2.94. The van der Waals surface area contributed by atoms with Crippen LogP contribution in [-0.2, 0) is 22.6 Å². The molecule has 0 aliphatic heterocycles. The van der Waals surface area contributed by atoms with E-state index >= 15 is 0 Å². The first-order chi connectivity index (χ1) is 9.65. The zero-order valence-corrected chi connectivity index (χ0v) is 11.8. The minimum Gasteiger partial charge on any atom is -0.461 e. The number of ether oxygens (including phenoxy) is 1. The summed E-state index contributed by atoms with van der Waals surface area (Å²) >= 11 is 5.86. The van der Waals surface area contributed by atoms with Gasteiger partial charge in [-0.25, -0.2) is 0 Å². The van der Waals surface area contributed by atoms with Crippen molar-refractivity contribution in [1.29, 1.82) is 0 Å². The van der Waals surface area contributed by atoms with Crippen LogP contribution in [0.5, 0.6) is 0 Å². The number of benzene rings is 2. The van der Waals surface area contributed by atoms with Gasteiger partial charge >= 0.3 is 5.97 Å². The van der Waals surface area contributed by atoms with Gasteiger partial charge in [-0.05, 0) is 35.7 Å². The van der Waals surface area contributed by atoms with Crippen LogP contribution in [0.15, 0.2) is 48.5 Å². The summed E-state index contributed by atoms with van der Waals surface area (Å²) in [6.45, 7) is 0.240. The maximum Gasteiger partial charge on any atom is 0.306 e. The highest BCUT2D eigenvalue weighted by atomic mass is 35.5. The Balaban J connectivity index is 1.80. The normalized spacial score (nSPS) is 10.2. The van der Waals surface area contributed by atoms with E-state index in [0.717, 1.165) is 11.1 Å². The van der Waals surface area contributed by atoms with Gasteiger partial charge in [-0.15, -0.1) is 0 Å². The van der Waals surface area contributed by atoms with E-state index in [4.69, 9.17) is 22.1 Å². The molecule has 0 bridgehead atoms. The number of para-hydroxylation sites is 1. The van der Waals surface area contributed by atoms with Crippen molar-refractivity contribution in [2.75, 3.05) is 5.73 Å². The molecule has 2 aromatic rings. The number of halogens is 1. The second kappa shape index (κ2) is 6.96. The summed E-state index contributed by atoms with van der Waals surface area (Å²) in [5.74, 6) is -0.242. The van der Waals surface area contributed by atoms with Crippen molar-refractivity contribution in [3.63, 3.8) is 0 Å². The van der Waals surface area contributed by atoms with Crippen molar-refractivity contribution in [1.82, 2.24) is 0 Å². The highest BCUT2D eigenvalue weighted by Crippen LogP contribution is 2.14. The quantitative estimate of drug-likeness (QED) is 0.676. The summed E-state index contributed by atoms with van der Waals surface area (Å²) in [5, 5.41) is 0.635. The van der Waals surface area contributed by atoms with Crippen molar-refractivity contribution < 1.29 is 9.53 Å². The van der Waals surface area contributed by atoms with Crippen molar-refractivity contribution >= 4 is 23.3 Å². The van der Waals surface area contributed by atoms with E-state index in [1.807, 2.05) is 36.4 Å². The third kappa shape index (κ3) is 4.28. The third-order valence-corrected chi connectivity index (χ3v) is 3.18. The molecule has 0 amide bonds. The fourth-order valence-corrected chi connectivity index (χ4v) is 2.07. The van der Waals surface area contributed by atoms with Gasteiger partial charge in [0.05, 0.1) is 0 Å². The second-order valence-corrected chi connectivity index (χ2v) is 4.93. The molecule has 0 fully saturated rings. The summed E-state index contributed by atoms with van der Waals surface area (Å²) in [4.78, 5) is 11.7. The summed E-state index contributed by atoms with van der Waals surface area (Å²) in [7, 11) is 0.